The largest absolute Gasteiger partial charge is 0.474 e. The number of aliphatic hydroxyl groups excluding tert-OH is 2. The quantitative estimate of drug-likeness (QED) is 0.171. The highest BCUT2D eigenvalue weighted by molar-refractivity contribution is 8.14. The van der Waals surface area contributed by atoms with E-state index in [0.717, 1.165) is 23.5 Å². The van der Waals surface area contributed by atoms with Crippen LogP contribution in [0, 0.1) is 10.8 Å². The number of methoxy groups -OCH3 is 1. The van der Waals surface area contributed by atoms with E-state index in [1.165, 1.54) is 18.0 Å². The van der Waals surface area contributed by atoms with Gasteiger partial charge in [-0.3, -0.25) is 23.2 Å². The van der Waals surface area contributed by atoms with E-state index < -0.39 is 43.1 Å². The summed E-state index contributed by atoms with van der Waals surface area (Å²) in [4.78, 5) is 28.5. The fraction of sp³-hybridized carbons (Fsp3) is 0.704. The molecule has 0 fully saturated rings. The number of carbonyl (C=O) groups excluding carboxylic acids is 2. The van der Waals surface area contributed by atoms with Gasteiger partial charge >= 0.3 is 7.82 Å². The summed E-state index contributed by atoms with van der Waals surface area (Å²) in [6.45, 7) is 11.7. The van der Waals surface area contributed by atoms with Gasteiger partial charge in [0.1, 0.15) is 29.7 Å². The number of fused-ring (bicyclic) bond motifs is 1. The first kappa shape index (κ1) is 37.6. The lowest BCUT2D eigenvalue weighted by atomic mass is 9.89. The molecule has 0 aliphatic rings. The number of carbonyl (C=O) groups is 2. The summed E-state index contributed by atoms with van der Waals surface area (Å²) in [6.07, 6.45) is -1.73. The Kier molecular flexibility index (Phi) is 13.7. The van der Waals surface area contributed by atoms with Gasteiger partial charge in [-0.15, -0.1) is 0 Å². The number of aliphatic hydroxyl groups is 2. The van der Waals surface area contributed by atoms with Crippen molar-refractivity contribution in [2.75, 3.05) is 44.2 Å². The molecule has 0 radical (unpaired) electrons. The van der Waals surface area contributed by atoms with Gasteiger partial charge in [-0.1, -0.05) is 72.0 Å². The Balaban J connectivity index is 2.20. The van der Waals surface area contributed by atoms with Crippen molar-refractivity contribution in [3.63, 3.8) is 0 Å². The fourth-order valence-electron chi connectivity index (χ4n) is 3.67. The molecule has 3 atom stereocenters. The first-order valence-corrected chi connectivity index (χ1v) is 17.2. The number of anilines is 1. The minimum atomic E-state index is -4.28. The number of phosphoric ester groups is 1. The molecule has 0 aliphatic carbocycles. The highest BCUT2D eigenvalue weighted by Crippen LogP contribution is 2.51. The normalized spacial score (nSPS) is 15.8. The van der Waals surface area contributed by atoms with Crippen molar-refractivity contribution in [1.29, 1.82) is 0 Å². The average molecular weight is 665 g/mol. The van der Waals surface area contributed by atoms with Crippen LogP contribution in [-0.4, -0.2) is 85.2 Å². The topological polar surface area (TPSA) is 185 Å². The number of thioether (sulfide) groups is 2. The average Bonchev–Trinajstić information content (AvgIpc) is 3.38. The maximum atomic E-state index is 13.7. The molecule has 2 heterocycles. The zero-order valence-corrected chi connectivity index (χ0v) is 28.6. The van der Waals surface area contributed by atoms with Crippen LogP contribution in [0.5, 0.6) is 0 Å². The van der Waals surface area contributed by atoms with Gasteiger partial charge in [0.15, 0.2) is 16.0 Å². The first-order valence-electron chi connectivity index (χ1n) is 13.8. The van der Waals surface area contributed by atoms with Crippen molar-refractivity contribution < 1.29 is 42.7 Å². The molecular formula is C27H45N4O9PS2. The minimum absolute atomic E-state index is 0.0590. The van der Waals surface area contributed by atoms with Gasteiger partial charge < -0.3 is 20.7 Å². The van der Waals surface area contributed by atoms with Gasteiger partial charge in [0.2, 0.25) is 0 Å². The van der Waals surface area contributed by atoms with Crippen molar-refractivity contribution in [2.24, 2.45) is 10.8 Å². The van der Waals surface area contributed by atoms with Crippen molar-refractivity contribution in [3.8, 4) is 0 Å². The van der Waals surface area contributed by atoms with Crippen LogP contribution in [-0.2, 0) is 32.5 Å². The second-order valence-corrected chi connectivity index (χ2v) is 15.7. The Morgan fingerprint density at radius 2 is 1.53 bits per heavy atom. The zero-order chi connectivity index (χ0) is 32.6. The molecule has 0 spiro atoms. The van der Waals surface area contributed by atoms with Crippen LogP contribution in [0.4, 0.5) is 5.82 Å². The molecular weight excluding hydrogens is 619 g/mol. The van der Waals surface area contributed by atoms with E-state index in [1.54, 1.807) is 60.6 Å². The molecule has 244 valence electrons. The molecule has 0 aromatic carbocycles. The monoisotopic (exact) mass is 664 g/mol. The van der Waals surface area contributed by atoms with Crippen molar-refractivity contribution in [1.82, 2.24) is 14.6 Å². The Bertz CT molecular complexity index is 1240. The number of rotatable bonds is 16. The summed E-state index contributed by atoms with van der Waals surface area (Å²) in [7, 11) is -2.95. The molecule has 16 heteroatoms. The number of hydrogen-bond donors (Lipinski definition) is 3. The second-order valence-electron chi connectivity index (χ2n) is 11.9. The highest BCUT2D eigenvalue weighted by Gasteiger charge is 2.45. The number of hydrogen-bond acceptors (Lipinski definition) is 14. The highest BCUT2D eigenvalue weighted by atomic mass is 32.2. The van der Waals surface area contributed by atoms with Gasteiger partial charge in [0.05, 0.1) is 25.5 Å². The number of nitrogens with zero attached hydrogens (tertiary/aromatic N) is 3. The number of phosphoric acid groups is 1. The smallest absolute Gasteiger partial charge is 0.387 e. The third-order valence-corrected chi connectivity index (χ3v) is 10.4. The SMILES string of the molecule is CC[C@](COP(=O)(OCCSC(=O)C(C)(C)C)OCCSC(=O)C(C)(C)C)(OC)[C@@H](O)[C@@H](O)c1ccc2c(N)ncnn12. The summed E-state index contributed by atoms with van der Waals surface area (Å²) in [5.41, 5.74) is 3.89. The fourth-order valence-corrected chi connectivity index (χ4v) is 6.71. The van der Waals surface area contributed by atoms with E-state index in [2.05, 4.69) is 10.1 Å². The first-order chi connectivity index (χ1) is 19.9. The summed E-state index contributed by atoms with van der Waals surface area (Å²) in [6, 6.07) is 3.16. The van der Waals surface area contributed by atoms with Crippen LogP contribution in [0.3, 0.4) is 0 Å². The molecule has 0 bridgehead atoms. The lowest BCUT2D eigenvalue weighted by Gasteiger charge is -2.38. The Hall–Kier alpha value is -1.55. The van der Waals surface area contributed by atoms with E-state index >= 15 is 0 Å². The van der Waals surface area contributed by atoms with Crippen LogP contribution in [0.1, 0.15) is 66.7 Å². The maximum Gasteiger partial charge on any atom is 0.474 e. The van der Waals surface area contributed by atoms with Crippen LogP contribution < -0.4 is 5.73 Å². The van der Waals surface area contributed by atoms with E-state index in [9.17, 15) is 24.4 Å². The Labute approximate surface area is 261 Å². The van der Waals surface area contributed by atoms with Gasteiger partial charge in [0.25, 0.3) is 0 Å². The van der Waals surface area contributed by atoms with Crippen LogP contribution in [0.15, 0.2) is 18.5 Å². The maximum absolute atomic E-state index is 13.7. The summed E-state index contributed by atoms with van der Waals surface area (Å²) in [5, 5.41) is 26.5. The summed E-state index contributed by atoms with van der Waals surface area (Å²) in [5.74, 6) is 0.585. The van der Waals surface area contributed by atoms with Crippen LogP contribution in [0.2, 0.25) is 0 Å². The van der Waals surface area contributed by atoms with Gasteiger partial charge in [-0.2, -0.15) is 5.10 Å². The lowest BCUT2D eigenvalue weighted by molar-refractivity contribution is -0.166. The van der Waals surface area contributed by atoms with Gasteiger partial charge in [-0.05, 0) is 18.6 Å². The Morgan fingerprint density at radius 1 is 1.00 bits per heavy atom. The predicted molar refractivity (Wildman–Crippen MR) is 168 cm³/mol. The van der Waals surface area contributed by atoms with Gasteiger partial charge in [0, 0.05) is 29.4 Å². The predicted octanol–water partition coefficient (Wildman–Crippen LogP) is 4.27. The third kappa shape index (κ3) is 10.2. The van der Waals surface area contributed by atoms with Crippen molar-refractivity contribution >= 4 is 52.9 Å². The summed E-state index contributed by atoms with van der Waals surface area (Å²) < 4.78 is 37.5. The molecule has 43 heavy (non-hydrogen) atoms. The van der Waals surface area contributed by atoms with Crippen molar-refractivity contribution in [2.45, 2.75) is 72.7 Å². The van der Waals surface area contributed by atoms with E-state index in [0.29, 0.717) is 5.52 Å². The molecule has 0 amide bonds. The molecule has 2 aromatic heterocycles. The molecule has 4 N–H and O–H groups in total. The zero-order valence-electron chi connectivity index (χ0n) is 26.1. The lowest BCUT2D eigenvalue weighted by Crippen LogP contribution is -2.50. The number of ether oxygens (including phenoxy) is 1. The molecule has 0 saturated heterocycles. The molecule has 13 nitrogen and oxygen atoms in total. The number of nitrogens with two attached hydrogens (primary N) is 1. The van der Waals surface area contributed by atoms with E-state index in [1.807, 2.05) is 0 Å². The minimum Gasteiger partial charge on any atom is -0.387 e. The third-order valence-electron chi connectivity index (χ3n) is 6.48. The molecule has 0 unspecified atom stereocenters. The second kappa shape index (κ2) is 15.6. The van der Waals surface area contributed by atoms with Crippen LogP contribution >= 0.6 is 31.3 Å². The molecule has 2 aromatic rings. The number of aromatic nitrogens is 3. The van der Waals surface area contributed by atoms with Crippen LogP contribution in [0.25, 0.3) is 5.52 Å². The van der Waals surface area contributed by atoms with Gasteiger partial charge in [-0.25, -0.2) is 14.1 Å². The molecule has 0 saturated carbocycles. The van der Waals surface area contributed by atoms with Crippen molar-refractivity contribution in [3.05, 3.63) is 24.2 Å². The Morgan fingerprint density at radius 3 is 2.00 bits per heavy atom. The van der Waals surface area contributed by atoms with E-state index in [4.69, 9.17) is 24.0 Å². The summed E-state index contributed by atoms with van der Waals surface area (Å²) >= 11 is 2.07. The number of nitrogen functional groups attached to an aromatic ring is 1. The molecule has 2 rings (SSSR count). The standard InChI is InChI=1S/C27H45N4O9PS2/c1-9-27(37-8,21(33)20(32)18-10-11-19-22(28)29-17-30-31(18)19)16-40-41(36,38-12-14-42-23(34)25(2,3)4)39-13-15-43-24(35)26(5,6)7/h10-11,17,20-21,32-33H,9,12-16H2,1-8H3,(H2,28,29,30)/t20-,21-,27+/m0/s1. The molecule has 0 aliphatic heterocycles. The van der Waals surface area contributed by atoms with E-state index in [-0.39, 0.29) is 52.9 Å².